The molecule has 0 amide bonds. The Morgan fingerprint density at radius 2 is 1.74 bits per heavy atom. The molecule has 134 valence electrons. The molecule has 8 nitrogen and oxygen atoms in total. The molecular formula is C19H16N6O2. The van der Waals surface area contributed by atoms with Crippen molar-refractivity contribution in [2.45, 2.75) is 6.92 Å². The molecule has 2 N–H and O–H groups in total. The zero-order valence-electron chi connectivity index (χ0n) is 14.5. The average Bonchev–Trinajstić information content (AvgIpc) is 3.09. The van der Waals surface area contributed by atoms with E-state index in [2.05, 4.69) is 31.0 Å². The first-order valence-corrected chi connectivity index (χ1v) is 8.25. The van der Waals surface area contributed by atoms with E-state index in [0.29, 0.717) is 29.1 Å². The highest BCUT2D eigenvalue weighted by Crippen LogP contribution is 2.31. The number of rotatable bonds is 6. The van der Waals surface area contributed by atoms with Crippen LogP contribution in [-0.4, -0.2) is 20.3 Å². The fraction of sp³-hybridized carbons (Fsp3) is 0.0526. The van der Waals surface area contributed by atoms with Crippen molar-refractivity contribution in [2.75, 3.05) is 10.6 Å². The first kappa shape index (κ1) is 16.5. The van der Waals surface area contributed by atoms with Gasteiger partial charge >= 0.3 is 0 Å². The van der Waals surface area contributed by atoms with Crippen LogP contribution in [0.5, 0.6) is 11.5 Å². The number of nitrogens with zero attached hydrogens (tertiary/aromatic N) is 4. The number of aryl methyl sites for hydroxylation is 1. The normalized spacial score (nSPS) is 10.4. The van der Waals surface area contributed by atoms with Crippen molar-refractivity contribution in [3.05, 3.63) is 72.6 Å². The number of aromatic nitrogens is 4. The summed E-state index contributed by atoms with van der Waals surface area (Å²) in [4.78, 5) is 4.39. The van der Waals surface area contributed by atoms with E-state index in [1.807, 2.05) is 54.6 Å². The SMILES string of the molecule is Cc1cc(Nc2nncc(Nc3ccccc3Oc3ccccc3)n2)no1. The van der Waals surface area contributed by atoms with E-state index >= 15 is 0 Å². The summed E-state index contributed by atoms with van der Waals surface area (Å²) < 4.78 is 11.0. The minimum absolute atomic E-state index is 0.301. The molecule has 0 atom stereocenters. The second-order valence-electron chi connectivity index (χ2n) is 5.65. The van der Waals surface area contributed by atoms with E-state index in [1.165, 1.54) is 6.20 Å². The van der Waals surface area contributed by atoms with E-state index in [1.54, 1.807) is 13.0 Å². The number of anilines is 4. The Morgan fingerprint density at radius 3 is 2.56 bits per heavy atom. The van der Waals surface area contributed by atoms with Crippen LogP contribution in [0.1, 0.15) is 5.76 Å². The summed E-state index contributed by atoms with van der Waals surface area (Å²) in [5.41, 5.74) is 0.755. The molecule has 0 unspecified atom stereocenters. The maximum Gasteiger partial charge on any atom is 0.250 e. The highest BCUT2D eigenvalue weighted by Gasteiger charge is 2.08. The molecule has 0 aliphatic rings. The molecule has 0 fully saturated rings. The molecule has 2 aromatic carbocycles. The van der Waals surface area contributed by atoms with Crippen LogP contribution in [0.15, 0.2) is 71.4 Å². The molecule has 0 radical (unpaired) electrons. The molecule has 27 heavy (non-hydrogen) atoms. The van der Waals surface area contributed by atoms with Gasteiger partial charge in [0.15, 0.2) is 17.4 Å². The van der Waals surface area contributed by atoms with Crippen LogP contribution in [0.2, 0.25) is 0 Å². The monoisotopic (exact) mass is 360 g/mol. The van der Waals surface area contributed by atoms with Gasteiger partial charge in [-0.15, -0.1) is 5.10 Å². The molecule has 8 heteroatoms. The van der Waals surface area contributed by atoms with Gasteiger partial charge in [0.05, 0.1) is 11.9 Å². The van der Waals surface area contributed by atoms with Crippen LogP contribution in [0.25, 0.3) is 0 Å². The van der Waals surface area contributed by atoms with Gasteiger partial charge in [-0.1, -0.05) is 35.5 Å². The van der Waals surface area contributed by atoms with Gasteiger partial charge in [0.25, 0.3) is 0 Å². The van der Waals surface area contributed by atoms with Crippen LogP contribution in [0, 0.1) is 6.92 Å². The molecule has 0 saturated carbocycles. The molecule has 4 aromatic rings. The third kappa shape index (κ3) is 4.18. The molecule has 0 saturated heterocycles. The summed E-state index contributed by atoms with van der Waals surface area (Å²) in [7, 11) is 0. The Hall–Kier alpha value is -3.94. The zero-order valence-corrected chi connectivity index (χ0v) is 14.5. The zero-order chi connectivity index (χ0) is 18.5. The second-order valence-corrected chi connectivity index (χ2v) is 5.65. The number of hydrogen-bond acceptors (Lipinski definition) is 8. The van der Waals surface area contributed by atoms with Gasteiger partial charge in [-0.2, -0.15) is 10.1 Å². The lowest BCUT2D eigenvalue weighted by atomic mass is 10.3. The summed E-state index contributed by atoms with van der Waals surface area (Å²) in [6.07, 6.45) is 1.53. The number of hydrogen-bond donors (Lipinski definition) is 2. The van der Waals surface area contributed by atoms with Crippen molar-refractivity contribution in [1.82, 2.24) is 20.3 Å². The van der Waals surface area contributed by atoms with Crippen molar-refractivity contribution in [3.63, 3.8) is 0 Å². The summed E-state index contributed by atoms with van der Waals surface area (Å²) >= 11 is 0. The van der Waals surface area contributed by atoms with Gasteiger partial charge in [0.1, 0.15) is 11.5 Å². The number of benzene rings is 2. The Morgan fingerprint density at radius 1 is 0.926 bits per heavy atom. The second kappa shape index (κ2) is 7.52. The minimum Gasteiger partial charge on any atom is -0.455 e. The Kier molecular flexibility index (Phi) is 4.60. The van der Waals surface area contributed by atoms with E-state index in [9.17, 15) is 0 Å². The maximum atomic E-state index is 5.95. The smallest absolute Gasteiger partial charge is 0.250 e. The Labute approximate surface area is 155 Å². The van der Waals surface area contributed by atoms with Crippen LogP contribution >= 0.6 is 0 Å². The summed E-state index contributed by atoms with van der Waals surface area (Å²) in [5.74, 6) is 3.43. The summed E-state index contributed by atoms with van der Waals surface area (Å²) in [6.45, 7) is 1.80. The quantitative estimate of drug-likeness (QED) is 0.520. The third-order valence-corrected chi connectivity index (χ3v) is 3.55. The topological polar surface area (TPSA) is 98.0 Å². The van der Waals surface area contributed by atoms with Crippen molar-refractivity contribution in [2.24, 2.45) is 0 Å². The van der Waals surface area contributed by atoms with Crippen LogP contribution in [0.4, 0.5) is 23.3 Å². The number of nitrogens with one attached hydrogen (secondary N) is 2. The lowest BCUT2D eigenvalue weighted by Crippen LogP contribution is -2.03. The van der Waals surface area contributed by atoms with Gasteiger partial charge in [0, 0.05) is 6.07 Å². The molecule has 0 bridgehead atoms. The van der Waals surface area contributed by atoms with E-state index in [4.69, 9.17) is 9.26 Å². The molecule has 0 aliphatic heterocycles. The van der Waals surface area contributed by atoms with Crippen LogP contribution in [-0.2, 0) is 0 Å². The van der Waals surface area contributed by atoms with E-state index in [0.717, 1.165) is 11.4 Å². The van der Waals surface area contributed by atoms with Crippen LogP contribution in [0.3, 0.4) is 0 Å². The standard InChI is InChI=1S/C19H16N6O2/c1-13-11-17(25-27-13)22-19-23-18(12-20-24-19)21-15-9-5-6-10-16(15)26-14-7-3-2-4-8-14/h2-12H,1H3,(H2,21,22,23,24,25). The largest absolute Gasteiger partial charge is 0.455 e. The summed E-state index contributed by atoms with van der Waals surface area (Å²) in [6, 6.07) is 18.9. The molecule has 2 aromatic heterocycles. The predicted molar refractivity (Wildman–Crippen MR) is 101 cm³/mol. The molecular weight excluding hydrogens is 344 g/mol. The predicted octanol–water partition coefficient (Wildman–Crippen LogP) is 4.45. The van der Waals surface area contributed by atoms with Crippen LogP contribution < -0.4 is 15.4 Å². The number of para-hydroxylation sites is 3. The first-order valence-electron chi connectivity index (χ1n) is 8.25. The minimum atomic E-state index is 0.301. The first-order chi connectivity index (χ1) is 13.3. The van der Waals surface area contributed by atoms with Gasteiger partial charge in [-0.25, -0.2) is 0 Å². The Bertz CT molecular complexity index is 1040. The maximum absolute atomic E-state index is 5.95. The molecule has 4 rings (SSSR count). The van der Waals surface area contributed by atoms with E-state index in [-0.39, 0.29) is 0 Å². The Balaban J connectivity index is 1.53. The third-order valence-electron chi connectivity index (χ3n) is 3.55. The molecule has 2 heterocycles. The van der Waals surface area contributed by atoms with Gasteiger partial charge in [0.2, 0.25) is 5.95 Å². The number of ether oxygens (including phenoxy) is 1. The fourth-order valence-electron chi connectivity index (χ4n) is 2.37. The summed E-state index contributed by atoms with van der Waals surface area (Å²) in [5, 5.41) is 17.9. The van der Waals surface area contributed by atoms with Crippen molar-refractivity contribution < 1.29 is 9.26 Å². The molecule has 0 aliphatic carbocycles. The lowest BCUT2D eigenvalue weighted by molar-refractivity contribution is 0.400. The lowest BCUT2D eigenvalue weighted by Gasteiger charge is -2.12. The van der Waals surface area contributed by atoms with Crippen molar-refractivity contribution >= 4 is 23.3 Å². The van der Waals surface area contributed by atoms with Gasteiger partial charge < -0.3 is 19.9 Å². The van der Waals surface area contributed by atoms with E-state index < -0.39 is 0 Å². The van der Waals surface area contributed by atoms with Crippen molar-refractivity contribution in [3.8, 4) is 11.5 Å². The highest BCUT2D eigenvalue weighted by atomic mass is 16.5. The average molecular weight is 360 g/mol. The van der Waals surface area contributed by atoms with Gasteiger partial charge in [-0.3, -0.25) is 0 Å². The molecule has 0 spiro atoms. The fourth-order valence-corrected chi connectivity index (χ4v) is 2.37. The van der Waals surface area contributed by atoms with Gasteiger partial charge in [-0.05, 0) is 31.2 Å². The van der Waals surface area contributed by atoms with Crippen molar-refractivity contribution in [1.29, 1.82) is 0 Å². The highest BCUT2D eigenvalue weighted by molar-refractivity contribution is 5.65.